The van der Waals surface area contributed by atoms with Crippen molar-refractivity contribution < 1.29 is 35.8 Å². The molecule has 9 nitrogen and oxygen atoms in total. The van der Waals surface area contributed by atoms with Crippen molar-refractivity contribution in [2.45, 2.75) is 48.5 Å². The lowest BCUT2D eigenvalue weighted by molar-refractivity contribution is -0.120. The molecule has 0 unspecified atom stereocenters. The van der Waals surface area contributed by atoms with Gasteiger partial charge in [0.15, 0.2) is 11.5 Å². The topological polar surface area (TPSA) is 135 Å². The van der Waals surface area contributed by atoms with Gasteiger partial charge < -0.3 is 19.7 Å². The van der Waals surface area contributed by atoms with Crippen LogP contribution in [0.3, 0.4) is 0 Å². The Morgan fingerprint density at radius 3 is 2.42 bits per heavy atom. The number of benzene rings is 2. The fraction of sp³-hybridized carbons (Fsp3) is 0.357. The number of rotatable bonds is 11. The Kier molecular flexibility index (Phi) is 6.99. The van der Waals surface area contributed by atoms with Gasteiger partial charge in [0.25, 0.3) is 0 Å². The molecule has 0 bridgehead atoms. The fourth-order valence-electron chi connectivity index (χ4n) is 4.68. The molecular formula is C28H34N2O7S. The van der Waals surface area contributed by atoms with Crippen LogP contribution in [0.2, 0.25) is 0 Å². The first-order valence-electron chi connectivity index (χ1n) is 12.5. The van der Waals surface area contributed by atoms with Crippen LogP contribution in [-0.2, 0) is 26.7 Å². The van der Waals surface area contributed by atoms with Gasteiger partial charge in [-0.15, -0.1) is 0 Å². The molecular weight excluding hydrogens is 508 g/mol. The summed E-state index contributed by atoms with van der Waals surface area (Å²) in [5.74, 6) is 1.45. The van der Waals surface area contributed by atoms with Gasteiger partial charge in [-0.2, -0.15) is 0 Å². The molecule has 2 aliphatic rings. The third-order valence-corrected chi connectivity index (χ3v) is 9.05. The average Bonchev–Trinajstić information content (AvgIpc) is 3.62. The number of nitrogens with one attached hydrogen (secondary N) is 1. The zero-order chi connectivity index (χ0) is 27.0. The van der Waals surface area contributed by atoms with E-state index >= 15 is 0 Å². The maximum absolute atomic E-state index is 13.4. The van der Waals surface area contributed by atoms with E-state index in [0.29, 0.717) is 28.5 Å². The molecule has 38 heavy (non-hydrogen) atoms. The van der Waals surface area contributed by atoms with Crippen molar-refractivity contribution in [1.29, 1.82) is 0 Å². The van der Waals surface area contributed by atoms with E-state index in [9.17, 15) is 23.4 Å². The van der Waals surface area contributed by atoms with Gasteiger partial charge >= 0.3 is 0 Å². The molecule has 2 aromatic carbocycles. The lowest BCUT2D eigenvalue weighted by Crippen LogP contribution is -2.53. The molecule has 5 rings (SSSR count). The number of ether oxygens (including phenoxy) is 2. The minimum Gasteiger partial charge on any atom is -0.454 e. The first kappa shape index (κ1) is 26.3. The number of sulfonamides is 1. The van der Waals surface area contributed by atoms with Gasteiger partial charge in [-0.3, -0.25) is 9.78 Å². The van der Waals surface area contributed by atoms with E-state index in [1.807, 2.05) is 30.3 Å². The number of carbonyl (C=O) groups is 1. The molecule has 1 aromatic heterocycles. The maximum atomic E-state index is 13.4. The van der Waals surface area contributed by atoms with Crippen molar-refractivity contribution in [3.63, 3.8) is 0 Å². The van der Waals surface area contributed by atoms with Crippen LogP contribution in [-0.4, -0.2) is 54.9 Å². The van der Waals surface area contributed by atoms with Gasteiger partial charge in [0.1, 0.15) is 5.78 Å². The summed E-state index contributed by atoms with van der Waals surface area (Å²) in [6.45, 7) is 0.817. The van der Waals surface area contributed by atoms with Crippen LogP contribution in [0.15, 0.2) is 65.6 Å². The normalized spacial score (nSPS) is 15.9. The second kappa shape index (κ2) is 10.1. The molecule has 3 aromatic rings. The zero-order valence-electron chi connectivity index (χ0n) is 21.0. The molecule has 1 aliphatic heterocycles. The standard InChI is InChI=1S/C28H30N2O7S.2H2/c1-2-27(16-31,17-32)30-38(34,35)22-9-6-19(7-10-22)23-5-3-4-21(29-23)15-26(33)28(12-13-28)20-8-11-24-25(14-20)37-18-36-24;;/h3-11,14,30-32H,2,12-13,15-18H2,1H3;2*1H. The second-order valence-electron chi connectivity index (χ2n) is 9.84. The highest BCUT2D eigenvalue weighted by Gasteiger charge is 2.51. The molecule has 2 heterocycles. The second-order valence-corrected chi connectivity index (χ2v) is 11.5. The predicted octanol–water partition coefficient (Wildman–Crippen LogP) is 3.22. The summed E-state index contributed by atoms with van der Waals surface area (Å²) in [6, 6.07) is 17.3. The minimum absolute atomic E-state index is 0. The number of hydrogen-bond donors (Lipinski definition) is 3. The van der Waals surface area contributed by atoms with Gasteiger partial charge in [-0.1, -0.05) is 31.2 Å². The highest BCUT2D eigenvalue weighted by atomic mass is 32.2. The highest BCUT2D eigenvalue weighted by Crippen LogP contribution is 2.51. The predicted molar refractivity (Wildman–Crippen MR) is 144 cm³/mol. The van der Waals surface area contributed by atoms with Gasteiger partial charge in [-0.05, 0) is 61.2 Å². The Morgan fingerprint density at radius 2 is 1.76 bits per heavy atom. The SMILES string of the molecule is CCC(CO)(CO)NS(=O)(=O)c1ccc(-c2cccc(CC(=O)C3(c4ccc5c(c4)OCO5)CC3)n2)cc1.[HH].[HH]. The van der Waals surface area contributed by atoms with E-state index in [2.05, 4.69) is 9.71 Å². The average molecular weight is 543 g/mol. The summed E-state index contributed by atoms with van der Waals surface area (Å²) in [7, 11) is -3.97. The first-order chi connectivity index (χ1) is 18.2. The van der Waals surface area contributed by atoms with Crippen LogP contribution >= 0.6 is 0 Å². The molecule has 1 aliphatic carbocycles. The summed E-state index contributed by atoms with van der Waals surface area (Å²) in [5, 5.41) is 19.2. The van der Waals surface area contributed by atoms with Crippen LogP contribution in [0.1, 0.15) is 40.3 Å². The van der Waals surface area contributed by atoms with Gasteiger partial charge in [0.2, 0.25) is 16.8 Å². The highest BCUT2D eigenvalue weighted by molar-refractivity contribution is 7.89. The van der Waals surface area contributed by atoms with E-state index in [-0.39, 0.29) is 33.2 Å². The van der Waals surface area contributed by atoms with Gasteiger partial charge in [0, 0.05) is 20.5 Å². The Balaban J connectivity index is 0.00000220. The molecule has 10 heteroatoms. The monoisotopic (exact) mass is 542 g/mol. The quantitative estimate of drug-likeness (QED) is 0.336. The van der Waals surface area contributed by atoms with E-state index in [4.69, 9.17) is 9.47 Å². The third kappa shape index (κ3) is 4.92. The molecule has 0 amide bonds. The summed E-state index contributed by atoms with van der Waals surface area (Å²) in [5.41, 5.74) is 1.02. The van der Waals surface area contributed by atoms with Gasteiger partial charge in [0.05, 0.1) is 34.8 Å². The van der Waals surface area contributed by atoms with Gasteiger partial charge in [-0.25, -0.2) is 13.1 Å². The maximum Gasteiger partial charge on any atom is 0.241 e. The summed E-state index contributed by atoms with van der Waals surface area (Å²) in [6.07, 6.45) is 1.96. The lowest BCUT2D eigenvalue weighted by atomic mass is 9.88. The van der Waals surface area contributed by atoms with E-state index < -0.39 is 34.2 Å². The van der Waals surface area contributed by atoms with E-state index in [1.165, 1.54) is 12.1 Å². The molecule has 0 radical (unpaired) electrons. The fourth-order valence-corrected chi connectivity index (χ4v) is 6.14. The minimum atomic E-state index is -3.97. The van der Waals surface area contributed by atoms with Crippen molar-refractivity contribution in [3.8, 4) is 22.8 Å². The van der Waals surface area contributed by atoms with Crippen molar-refractivity contribution in [3.05, 3.63) is 71.9 Å². The molecule has 0 saturated heterocycles. The summed E-state index contributed by atoms with van der Waals surface area (Å²) < 4.78 is 38.9. The number of aliphatic hydroxyl groups is 2. The Labute approximate surface area is 224 Å². The molecule has 1 saturated carbocycles. The molecule has 0 atom stereocenters. The molecule has 1 fully saturated rings. The smallest absolute Gasteiger partial charge is 0.241 e. The third-order valence-electron chi connectivity index (χ3n) is 7.45. The lowest BCUT2D eigenvalue weighted by Gasteiger charge is -2.29. The Hall–Kier alpha value is -3.31. The summed E-state index contributed by atoms with van der Waals surface area (Å²) >= 11 is 0. The molecule has 204 valence electrons. The number of ketones is 1. The number of aliphatic hydroxyl groups excluding tert-OH is 2. The van der Waals surface area contributed by atoms with E-state index in [1.54, 1.807) is 25.1 Å². The number of Topliss-reactive ketones (excluding diaryl/α,β-unsaturated/α-hetero) is 1. The van der Waals surface area contributed by atoms with Crippen molar-refractivity contribution in [2.24, 2.45) is 0 Å². The Morgan fingerprint density at radius 1 is 1.05 bits per heavy atom. The number of carbonyl (C=O) groups excluding carboxylic acids is 1. The largest absolute Gasteiger partial charge is 0.454 e. The van der Waals surface area contributed by atoms with Crippen LogP contribution in [0, 0.1) is 0 Å². The van der Waals surface area contributed by atoms with Crippen LogP contribution in [0.25, 0.3) is 11.3 Å². The first-order valence-corrected chi connectivity index (χ1v) is 14.0. The number of hydrogen-bond acceptors (Lipinski definition) is 8. The van der Waals surface area contributed by atoms with Crippen molar-refractivity contribution in [1.82, 2.24) is 9.71 Å². The van der Waals surface area contributed by atoms with E-state index in [0.717, 1.165) is 18.4 Å². The van der Waals surface area contributed by atoms with Crippen LogP contribution in [0.5, 0.6) is 11.5 Å². The Bertz CT molecular complexity index is 1450. The van der Waals surface area contributed by atoms with Crippen LogP contribution in [0.4, 0.5) is 0 Å². The zero-order valence-corrected chi connectivity index (χ0v) is 21.8. The van der Waals surface area contributed by atoms with Crippen LogP contribution < -0.4 is 14.2 Å². The van der Waals surface area contributed by atoms with Crippen molar-refractivity contribution >= 4 is 15.8 Å². The molecule has 0 spiro atoms. The number of nitrogens with zero attached hydrogens (tertiary/aromatic N) is 1. The van der Waals surface area contributed by atoms with Crippen molar-refractivity contribution in [2.75, 3.05) is 20.0 Å². The molecule has 3 N–H and O–H groups in total. The number of fused-ring (bicyclic) bond motifs is 1. The number of pyridine rings is 1. The summed E-state index contributed by atoms with van der Waals surface area (Å²) in [4.78, 5) is 18.0. The number of aromatic nitrogens is 1.